The van der Waals surface area contributed by atoms with Crippen LogP contribution in [-0.4, -0.2) is 64.6 Å². The molecule has 0 bridgehead atoms. The van der Waals surface area contributed by atoms with E-state index in [2.05, 4.69) is 19.9 Å². The molecule has 3 heterocycles. The van der Waals surface area contributed by atoms with Crippen molar-refractivity contribution in [2.24, 2.45) is 16.8 Å². The number of carbonyl (C=O) groups excluding carboxylic acids is 1. The summed E-state index contributed by atoms with van der Waals surface area (Å²) in [5.41, 5.74) is 3.73. The number of nitrogens with two attached hydrogens (primary N) is 1. The van der Waals surface area contributed by atoms with Crippen molar-refractivity contribution in [2.45, 2.75) is 44.6 Å². The number of aliphatic imine (C=N–C) groups is 1. The Morgan fingerprint density at radius 1 is 0.897 bits per heavy atom. The molecule has 0 atom stereocenters. The van der Waals surface area contributed by atoms with Gasteiger partial charge in [-0.1, -0.05) is 0 Å². The van der Waals surface area contributed by atoms with Crippen LogP contribution in [0.25, 0.3) is 0 Å². The zero-order valence-corrected chi connectivity index (χ0v) is 21.4. The van der Waals surface area contributed by atoms with Gasteiger partial charge in [-0.05, 0) is 62.5 Å². The Labute approximate surface area is 222 Å². The van der Waals surface area contributed by atoms with Crippen molar-refractivity contribution in [2.75, 3.05) is 39.0 Å². The van der Waals surface area contributed by atoms with E-state index in [0.29, 0.717) is 45.3 Å². The highest BCUT2D eigenvalue weighted by Crippen LogP contribution is 2.37. The van der Waals surface area contributed by atoms with E-state index >= 15 is 0 Å². The summed E-state index contributed by atoms with van der Waals surface area (Å²) < 4.78 is 80.1. The highest BCUT2D eigenvalue weighted by molar-refractivity contribution is 6.02. The molecule has 2 saturated heterocycles. The lowest BCUT2D eigenvalue weighted by Gasteiger charge is -2.37. The molecule has 0 spiro atoms. The van der Waals surface area contributed by atoms with Gasteiger partial charge in [0.25, 0.3) is 0 Å². The van der Waals surface area contributed by atoms with Crippen molar-refractivity contribution in [3.63, 3.8) is 0 Å². The van der Waals surface area contributed by atoms with Gasteiger partial charge in [-0.25, -0.2) is 9.97 Å². The fourth-order valence-electron chi connectivity index (χ4n) is 5.32. The maximum absolute atomic E-state index is 13.3. The number of rotatable bonds is 5. The van der Waals surface area contributed by atoms with Crippen LogP contribution < -0.4 is 5.73 Å². The van der Waals surface area contributed by atoms with Crippen molar-refractivity contribution in [3.05, 3.63) is 52.8 Å². The standard InChI is InChI=1S/C26H30F6N6O/c1-34-22(19-10-20(25(27,28)29)12-21(11-19)26(30,31)32)17-4-8-38(9-5-17)23(39)18-2-6-37(7-3-18)15-16-13-35-24(33)36-14-16/h10-14,17-18H,2-9,15H2,1H3,(H2,33,35,36)/b34-22-. The molecule has 39 heavy (non-hydrogen) atoms. The molecule has 2 aliphatic rings. The number of amides is 1. The van der Waals surface area contributed by atoms with Crippen LogP contribution in [-0.2, 0) is 23.7 Å². The van der Waals surface area contributed by atoms with Gasteiger partial charge in [0.2, 0.25) is 11.9 Å². The first-order chi connectivity index (χ1) is 18.3. The molecule has 7 nitrogen and oxygen atoms in total. The lowest BCUT2D eigenvalue weighted by Crippen LogP contribution is -2.46. The number of hydrogen-bond donors (Lipinski definition) is 1. The number of alkyl halides is 6. The Hall–Kier alpha value is -3.22. The second kappa shape index (κ2) is 11.5. The lowest BCUT2D eigenvalue weighted by atomic mass is 9.86. The molecular formula is C26H30F6N6O. The summed E-state index contributed by atoms with van der Waals surface area (Å²) in [6.45, 7) is 2.88. The van der Waals surface area contributed by atoms with Crippen LogP contribution in [0, 0.1) is 11.8 Å². The third-order valence-electron chi connectivity index (χ3n) is 7.39. The number of likely N-dealkylation sites (tertiary alicyclic amines) is 2. The maximum atomic E-state index is 13.3. The smallest absolute Gasteiger partial charge is 0.368 e. The monoisotopic (exact) mass is 556 g/mol. The minimum Gasteiger partial charge on any atom is -0.368 e. The SMILES string of the molecule is C/N=C(\c1cc(C(F)(F)F)cc(C(F)(F)F)c1)C1CCN(C(=O)C2CCN(Cc3cnc(N)nc3)CC2)CC1. The number of nitrogen functional groups attached to an aromatic ring is 1. The molecule has 2 fully saturated rings. The Kier molecular flexibility index (Phi) is 8.48. The summed E-state index contributed by atoms with van der Waals surface area (Å²) in [5.74, 6) is -0.229. The van der Waals surface area contributed by atoms with E-state index in [1.165, 1.54) is 7.05 Å². The van der Waals surface area contributed by atoms with Gasteiger partial charge in [0.05, 0.1) is 11.1 Å². The Balaban J connectivity index is 1.35. The number of carbonyl (C=O) groups is 1. The Morgan fingerprint density at radius 3 is 1.90 bits per heavy atom. The number of aromatic nitrogens is 2. The van der Waals surface area contributed by atoms with E-state index in [4.69, 9.17) is 5.73 Å². The summed E-state index contributed by atoms with van der Waals surface area (Å²) in [7, 11) is 1.37. The zero-order chi connectivity index (χ0) is 28.4. The minimum atomic E-state index is -4.93. The summed E-state index contributed by atoms with van der Waals surface area (Å²) in [6.07, 6.45) is -4.28. The van der Waals surface area contributed by atoms with E-state index < -0.39 is 23.5 Å². The van der Waals surface area contributed by atoms with Crippen LogP contribution in [0.2, 0.25) is 0 Å². The van der Waals surface area contributed by atoms with Gasteiger partial charge in [0.1, 0.15) is 0 Å². The second-order valence-electron chi connectivity index (χ2n) is 10.0. The molecular weight excluding hydrogens is 526 g/mol. The number of benzene rings is 1. The van der Waals surface area contributed by atoms with E-state index in [0.717, 1.165) is 30.8 Å². The summed E-state index contributed by atoms with van der Waals surface area (Å²) >= 11 is 0. The van der Waals surface area contributed by atoms with Crippen LogP contribution in [0.1, 0.15) is 47.9 Å². The second-order valence-corrected chi connectivity index (χ2v) is 10.0. The van der Waals surface area contributed by atoms with Gasteiger partial charge >= 0.3 is 12.4 Å². The molecule has 13 heteroatoms. The van der Waals surface area contributed by atoms with E-state index in [-0.39, 0.29) is 41.0 Å². The third kappa shape index (κ3) is 7.06. The maximum Gasteiger partial charge on any atom is 0.416 e. The molecule has 0 saturated carbocycles. The average Bonchev–Trinajstić information content (AvgIpc) is 2.90. The fourth-order valence-corrected chi connectivity index (χ4v) is 5.32. The molecule has 1 aromatic heterocycles. The first-order valence-corrected chi connectivity index (χ1v) is 12.7. The molecule has 0 radical (unpaired) electrons. The topological polar surface area (TPSA) is 87.7 Å². The first kappa shape index (κ1) is 28.8. The molecule has 212 valence electrons. The first-order valence-electron chi connectivity index (χ1n) is 12.7. The summed E-state index contributed by atoms with van der Waals surface area (Å²) in [5, 5.41) is 0. The largest absolute Gasteiger partial charge is 0.416 e. The van der Waals surface area contributed by atoms with Gasteiger partial charge in [-0.15, -0.1) is 0 Å². The zero-order valence-electron chi connectivity index (χ0n) is 21.4. The van der Waals surface area contributed by atoms with Gasteiger partial charge in [-0.2, -0.15) is 26.3 Å². The van der Waals surface area contributed by atoms with Crippen LogP contribution >= 0.6 is 0 Å². The van der Waals surface area contributed by atoms with Gasteiger partial charge in [0.15, 0.2) is 0 Å². The van der Waals surface area contributed by atoms with Crippen molar-refractivity contribution in [3.8, 4) is 0 Å². The van der Waals surface area contributed by atoms with Crippen LogP contribution in [0.4, 0.5) is 32.3 Å². The Morgan fingerprint density at radius 2 is 1.41 bits per heavy atom. The number of piperidine rings is 2. The molecule has 0 aliphatic carbocycles. The highest BCUT2D eigenvalue weighted by Gasteiger charge is 2.38. The van der Waals surface area contributed by atoms with Crippen molar-refractivity contribution >= 4 is 17.6 Å². The van der Waals surface area contributed by atoms with Gasteiger partial charge < -0.3 is 10.6 Å². The van der Waals surface area contributed by atoms with Crippen molar-refractivity contribution in [1.29, 1.82) is 0 Å². The third-order valence-corrected chi connectivity index (χ3v) is 7.39. The molecule has 2 N–H and O–H groups in total. The average molecular weight is 557 g/mol. The number of halogens is 6. The number of anilines is 1. The fraction of sp³-hybridized carbons (Fsp3) is 0.538. The van der Waals surface area contributed by atoms with E-state index in [1.807, 2.05) is 0 Å². The highest BCUT2D eigenvalue weighted by atomic mass is 19.4. The molecule has 4 rings (SSSR count). The summed E-state index contributed by atoms with van der Waals surface area (Å²) in [6, 6.07) is 1.56. The van der Waals surface area contributed by atoms with E-state index in [1.54, 1.807) is 17.3 Å². The van der Waals surface area contributed by atoms with Gasteiger partial charge in [0, 0.05) is 62.2 Å². The Bertz CT molecular complexity index is 1150. The quantitative estimate of drug-likeness (QED) is 0.428. The van der Waals surface area contributed by atoms with Crippen molar-refractivity contribution in [1.82, 2.24) is 19.8 Å². The van der Waals surface area contributed by atoms with Gasteiger partial charge in [-0.3, -0.25) is 14.7 Å². The predicted octanol–water partition coefficient (Wildman–Crippen LogP) is 4.67. The van der Waals surface area contributed by atoms with Crippen molar-refractivity contribution < 1.29 is 31.1 Å². The summed E-state index contributed by atoms with van der Waals surface area (Å²) in [4.78, 5) is 29.2. The van der Waals surface area contributed by atoms with Crippen LogP contribution in [0.5, 0.6) is 0 Å². The normalized spacial score (nSPS) is 18.9. The number of nitrogens with zero attached hydrogens (tertiary/aromatic N) is 5. The molecule has 0 unspecified atom stereocenters. The minimum absolute atomic E-state index is 0.0392. The lowest BCUT2D eigenvalue weighted by molar-refractivity contribution is -0.143. The molecule has 2 aromatic rings. The number of hydrogen-bond acceptors (Lipinski definition) is 6. The molecule has 1 amide bonds. The van der Waals surface area contributed by atoms with Crippen LogP contribution in [0.3, 0.4) is 0 Å². The van der Waals surface area contributed by atoms with Crippen LogP contribution in [0.15, 0.2) is 35.6 Å². The molecule has 1 aromatic carbocycles. The van der Waals surface area contributed by atoms with E-state index in [9.17, 15) is 31.1 Å². The molecule has 2 aliphatic heterocycles. The predicted molar refractivity (Wildman–Crippen MR) is 133 cm³/mol.